The van der Waals surface area contributed by atoms with Crippen LogP contribution in [-0.2, 0) is 9.59 Å². The summed E-state index contributed by atoms with van der Waals surface area (Å²) >= 11 is 0. The summed E-state index contributed by atoms with van der Waals surface area (Å²) in [6, 6.07) is 11.4. The van der Waals surface area contributed by atoms with E-state index < -0.39 is 17.7 Å². The summed E-state index contributed by atoms with van der Waals surface area (Å²) in [5.74, 6) is 0.675. The van der Waals surface area contributed by atoms with Crippen LogP contribution < -0.4 is 14.2 Å². The van der Waals surface area contributed by atoms with Crippen LogP contribution in [0.1, 0.15) is 44.4 Å². The third-order valence-corrected chi connectivity index (χ3v) is 6.23. The molecule has 0 aromatic heterocycles. The molecule has 0 aliphatic carbocycles. The molecule has 37 heavy (non-hydrogen) atoms. The lowest BCUT2D eigenvalue weighted by molar-refractivity contribution is -0.140. The first-order chi connectivity index (χ1) is 17.7. The molecule has 1 aliphatic heterocycles. The number of amides is 1. The molecular formula is C29H38N2O6. The van der Waals surface area contributed by atoms with Crippen LogP contribution >= 0.6 is 0 Å². The highest BCUT2D eigenvalue weighted by Gasteiger charge is 2.46. The molecule has 1 fully saturated rings. The van der Waals surface area contributed by atoms with Crippen LogP contribution in [0.3, 0.4) is 0 Å². The summed E-state index contributed by atoms with van der Waals surface area (Å²) in [4.78, 5) is 29.9. The van der Waals surface area contributed by atoms with Gasteiger partial charge < -0.3 is 29.1 Å². The monoisotopic (exact) mass is 510 g/mol. The maximum absolute atomic E-state index is 13.3. The predicted molar refractivity (Wildman–Crippen MR) is 143 cm³/mol. The Balaban J connectivity index is 2.10. The van der Waals surface area contributed by atoms with Crippen LogP contribution in [0, 0.1) is 5.92 Å². The SMILES string of the molecule is CCOc1cc(C2/C(=C(\O)c3ccc(OC)cc3)C(=O)C(=O)N2CCN(C)C)ccc1OCCC(C)C. The van der Waals surface area contributed by atoms with Gasteiger partial charge in [0.05, 0.1) is 31.9 Å². The molecule has 1 aliphatic rings. The molecule has 0 radical (unpaired) electrons. The van der Waals surface area contributed by atoms with Gasteiger partial charge in [0.15, 0.2) is 11.5 Å². The van der Waals surface area contributed by atoms with E-state index in [9.17, 15) is 14.7 Å². The number of hydrogen-bond donors (Lipinski definition) is 1. The average Bonchev–Trinajstić information content (AvgIpc) is 3.12. The van der Waals surface area contributed by atoms with E-state index in [-0.39, 0.29) is 11.3 Å². The van der Waals surface area contributed by atoms with Crippen molar-refractivity contribution in [3.63, 3.8) is 0 Å². The highest BCUT2D eigenvalue weighted by atomic mass is 16.5. The topological polar surface area (TPSA) is 88.5 Å². The van der Waals surface area contributed by atoms with Crippen molar-refractivity contribution in [3.8, 4) is 17.2 Å². The van der Waals surface area contributed by atoms with Crippen molar-refractivity contribution in [2.24, 2.45) is 5.92 Å². The normalized spacial score (nSPS) is 17.1. The molecule has 0 saturated carbocycles. The summed E-state index contributed by atoms with van der Waals surface area (Å²) in [7, 11) is 5.36. The minimum absolute atomic E-state index is 0.0462. The second kappa shape index (κ2) is 12.6. The lowest BCUT2D eigenvalue weighted by Crippen LogP contribution is -2.35. The molecular weight excluding hydrogens is 472 g/mol. The Labute approximate surface area is 219 Å². The number of hydrogen-bond acceptors (Lipinski definition) is 7. The van der Waals surface area contributed by atoms with Crippen LogP contribution in [0.15, 0.2) is 48.0 Å². The van der Waals surface area contributed by atoms with Gasteiger partial charge in [-0.05, 0) is 75.3 Å². The fraction of sp³-hybridized carbons (Fsp3) is 0.448. The lowest BCUT2D eigenvalue weighted by Gasteiger charge is -2.27. The van der Waals surface area contributed by atoms with E-state index in [0.717, 1.165) is 6.42 Å². The van der Waals surface area contributed by atoms with Gasteiger partial charge in [-0.2, -0.15) is 0 Å². The highest BCUT2D eigenvalue weighted by molar-refractivity contribution is 6.46. The number of aliphatic hydroxyl groups is 1. The van der Waals surface area contributed by atoms with Crippen LogP contribution in [0.4, 0.5) is 0 Å². The van der Waals surface area contributed by atoms with E-state index >= 15 is 0 Å². The molecule has 8 heteroatoms. The quantitative estimate of drug-likeness (QED) is 0.255. The van der Waals surface area contributed by atoms with Gasteiger partial charge in [-0.15, -0.1) is 0 Å². The van der Waals surface area contributed by atoms with Crippen LogP contribution in [0.2, 0.25) is 0 Å². The number of ether oxygens (including phenoxy) is 3. The Morgan fingerprint density at radius 1 is 1.05 bits per heavy atom. The van der Waals surface area contributed by atoms with Crippen molar-refractivity contribution in [2.45, 2.75) is 33.2 Å². The number of Topliss-reactive ketones (excluding diaryl/α,β-unsaturated/α-hetero) is 1. The molecule has 1 atom stereocenters. The molecule has 0 spiro atoms. The fourth-order valence-electron chi connectivity index (χ4n) is 4.16. The van der Waals surface area contributed by atoms with Crippen molar-refractivity contribution in [2.75, 3.05) is 47.5 Å². The van der Waals surface area contributed by atoms with Crippen molar-refractivity contribution in [1.29, 1.82) is 0 Å². The van der Waals surface area contributed by atoms with E-state index in [1.165, 1.54) is 4.90 Å². The second-order valence-electron chi connectivity index (χ2n) is 9.69. The largest absolute Gasteiger partial charge is 0.507 e. The van der Waals surface area contributed by atoms with E-state index in [0.29, 0.717) is 60.6 Å². The van der Waals surface area contributed by atoms with E-state index in [4.69, 9.17) is 14.2 Å². The summed E-state index contributed by atoms with van der Waals surface area (Å²) in [5, 5.41) is 11.3. The minimum Gasteiger partial charge on any atom is -0.507 e. The third kappa shape index (κ3) is 6.63. The Bertz CT molecular complexity index is 1120. The molecule has 1 saturated heterocycles. The molecule has 3 rings (SSSR count). The first kappa shape index (κ1) is 28.1. The molecule has 2 aromatic carbocycles. The maximum atomic E-state index is 13.3. The minimum atomic E-state index is -0.772. The summed E-state index contributed by atoms with van der Waals surface area (Å²) in [6.45, 7) is 8.01. The number of benzene rings is 2. The van der Waals surface area contributed by atoms with E-state index in [2.05, 4.69) is 13.8 Å². The average molecular weight is 511 g/mol. The summed E-state index contributed by atoms with van der Waals surface area (Å²) in [5.41, 5.74) is 1.13. The van der Waals surface area contributed by atoms with Gasteiger partial charge in [-0.3, -0.25) is 9.59 Å². The van der Waals surface area contributed by atoms with Crippen LogP contribution in [0.5, 0.6) is 17.2 Å². The zero-order chi connectivity index (χ0) is 27.1. The van der Waals surface area contributed by atoms with Gasteiger partial charge in [0.1, 0.15) is 11.5 Å². The third-order valence-electron chi connectivity index (χ3n) is 6.23. The van der Waals surface area contributed by atoms with E-state index in [1.807, 2.05) is 32.0 Å². The Morgan fingerprint density at radius 3 is 2.35 bits per heavy atom. The number of aliphatic hydroxyl groups excluding tert-OH is 1. The highest BCUT2D eigenvalue weighted by Crippen LogP contribution is 2.42. The smallest absolute Gasteiger partial charge is 0.295 e. The van der Waals surface area contributed by atoms with Gasteiger partial charge in [0.25, 0.3) is 11.7 Å². The fourth-order valence-corrected chi connectivity index (χ4v) is 4.16. The number of methoxy groups -OCH3 is 1. The van der Waals surface area contributed by atoms with Gasteiger partial charge >= 0.3 is 0 Å². The van der Waals surface area contributed by atoms with Crippen molar-refractivity contribution >= 4 is 17.4 Å². The van der Waals surface area contributed by atoms with Crippen molar-refractivity contribution in [1.82, 2.24) is 9.80 Å². The molecule has 1 heterocycles. The zero-order valence-corrected chi connectivity index (χ0v) is 22.6. The van der Waals surface area contributed by atoms with Gasteiger partial charge in [0.2, 0.25) is 0 Å². The molecule has 8 nitrogen and oxygen atoms in total. The summed E-state index contributed by atoms with van der Waals surface area (Å²) in [6.07, 6.45) is 0.903. The van der Waals surface area contributed by atoms with Crippen molar-refractivity contribution in [3.05, 3.63) is 59.2 Å². The number of likely N-dealkylation sites (N-methyl/N-ethyl adjacent to an activating group) is 1. The lowest BCUT2D eigenvalue weighted by atomic mass is 9.95. The number of likely N-dealkylation sites (tertiary alicyclic amines) is 1. The van der Waals surface area contributed by atoms with Gasteiger partial charge in [-0.25, -0.2) is 0 Å². The first-order valence-corrected chi connectivity index (χ1v) is 12.6. The maximum Gasteiger partial charge on any atom is 0.295 e. The molecule has 1 unspecified atom stereocenters. The number of ketones is 1. The number of carbonyl (C=O) groups excluding carboxylic acids is 2. The Morgan fingerprint density at radius 2 is 1.76 bits per heavy atom. The van der Waals surface area contributed by atoms with Crippen LogP contribution in [0.25, 0.3) is 5.76 Å². The second-order valence-corrected chi connectivity index (χ2v) is 9.69. The first-order valence-electron chi connectivity index (χ1n) is 12.6. The van der Waals surface area contributed by atoms with Crippen LogP contribution in [-0.4, -0.2) is 74.1 Å². The Hall–Kier alpha value is -3.52. The zero-order valence-electron chi connectivity index (χ0n) is 22.6. The van der Waals surface area contributed by atoms with Crippen molar-refractivity contribution < 1.29 is 28.9 Å². The standard InChI is InChI=1S/C29H38N2O6/c1-7-36-24-18-21(10-13-23(24)37-17-14-19(2)3)26-25(27(32)20-8-11-22(35-6)12-9-20)28(33)29(34)31(26)16-15-30(4)5/h8-13,18-19,26,32H,7,14-17H2,1-6H3/b27-25+. The molecule has 2 aromatic rings. The number of carbonyl (C=O) groups is 2. The number of nitrogens with zero attached hydrogens (tertiary/aromatic N) is 2. The predicted octanol–water partition coefficient (Wildman–Crippen LogP) is 4.50. The van der Waals surface area contributed by atoms with E-state index in [1.54, 1.807) is 43.5 Å². The molecule has 200 valence electrons. The molecule has 0 bridgehead atoms. The van der Waals surface area contributed by atoms with Gasteiger partial charge in [0, 0.05) is 18.7 Å². The van der Waals surface area contributed by atoms with Gasteiger partial charge in [-0.1, -0.05) is 19.9 Å². The molecule has 1 N–H and O–H groups in total. The summed E-state index contributed by atoms with van der Waals surface area (Å²) < 4.78 is 17.1. The Kier molecular flexibility index (Phi) is 9.58. The number of rotatable bonds is 12. The molecule has 1 amide bonds.